The highest BCUT2D eigenvalue weighted by molar-refractivity contribution is 6.00. The molecule has 3 fully saturated rings. The molecule has 3 aliphatic rings. The normalized spacial score (nSPS) is 27.1. The number of hydrogen-bond donors (Lipinski definition) is 2. The summed E-state index contributed by atoms with van der Waals surface area (Å²) in [5.41, 5.74) is 0.476. The van der Waals surface area contributed by atoms with Crippen LogP contribution in [-0.4, -0.2) is 64.5 Å². The zero-order valence-corrected chi connectivity index (χ0v) is 17.3. The van der Waals surface area contributed by atoms with E-state index in [-0.39, 0.29) is 17.7 Å². The van der Waals surface area contributed by atoms with E-state index < -0.39 is 17.7 Å². The maximum Gasteiger partial charge on any atom is 0.248 e. The Balaban J connectivity index is 1.41. The van der Waals surface area contributed by atoms with Crippen molar-refractivity contribution in [2.24, 2.45) is 5.92 Å². The maximum atomic E-state index is 13.2. The summed E-state index contributed by atoms with van der Waals surface area (Å²) in [6.45, 7) is 2.41. The molecular weight excluding hydrogens is 366 g/mol. The number of hydrogen-bond acceptors (Lipinski definition) is 4. The van der Waals surface area contributed by atoms with Gasteiger partial charge in [0, 0.05) is 26.7 Å². The zero-order valence-electron chi connectivity index (χ0n) is 17.3. The Morgan fingerprint density at radius 1 is 1.10 bits per heavy atom. The minimum absolute atomic E-state index is 0.0983. The summed E-state index contributed by atoms with van der Waals surface area (Å²) in [6.07, 6.45) is 5.71. The fourth-order valence-electron chi connectivity index (χ4n) is 5.37. The zero-order chi connectivity index (χ0) is 20.4. The van der Waals surface area contributed by atoms with Gasteiger partial charge < -0.3 is 15.3 Å². The first-order valence-electron chi connectivity index (χ1n) is 11.0. The molecule has 2 N–H and O–H groups in total. The number of likely N-dealkylation sites (tertiary alicyclic amines) is 1. The summed E-state index contributed by atoms with van der Waals surface area (Å²) in [5.74, 6) is -0.133. The van der Waals surface area contributed by atoms with Crippen LogP contribution in [0.5, 0.6) is 0 Å². The first-order chi connectivity index (χ1) is 14.0. The molecule has 0 radical (unpaired) electrons. The Morgan fingerprint density at radius 2 is 1.76 bits per heavy atom. The van der Waals surface area contributed by atoms with Crippen molar-refractivity contribution in [2.75, 3.05) is 20.1 Å². The van der Waals surface area contributed by atoms with E-state index in [0.717, 1.165) is 45.3 Å². The van der Waals surface area contributed by atoms with Gasteiger partial charge in [-0.1, -0.05) is 49.6 Å². The molecule has 29 heavy (non-hydrogen) atoms. The third kappa shape index (κ3) is 3.92. The molecule has 6 heteroatoms. The van der Waals surface area contributed by atoms with E-state index in [1.54, 1.807) is 11.9 Å². The highest BCUT2D eigenvalue weighted by Crippen LogP contribution is 2.35. The van der Waals surface area contributed by atoms with Gasteiger partial charge in [0.15, 0.2) is 0 Å². The molecule has 0 aromatic heterocycles. The topological polar surface area (TPSA) is 72.9 Å². The summed E-state index contributed by atoms with van der Waals surface area (Å²) in [6, 6.07) is 9.53. The van der Waals surface area contributed by atoms with Crippen LogP contribution in [0.3, 0.4) is 0 Å². The van der Waals surface area contributed by atoms with E-state index in [4.69, 9.17) is 0 Å². The van der Waals surface area contributed by atoms with Crippen molar-refractivity contribution in [3.63, 3.8) is 0 Å². The van der Waals surface area contributed by atoms with Gasteiger partial charge in [0.25, 0.3) is 0 Å². The van der Waals surface area contributed by atoms with E-state index in [1.165, 1.54) is 12.0 Å². The summed E-state index contributed by atoms with van der Waals surface area (Å²) < 4.78 is 0. The van der Waals surface area contributed by atoms with Crippen molar-refractivity contribution >= 4 is 11.8 Å². The lowest BCUT2D eigenvalue weighted by Crippen LogP contribution is -2.74. The van der Waals surface area contributed by atoms with Gasteiger partial charge in [-0.05, 0) is 37.2 Å². The van der Waals surface area contributed by atoms with Crippen LogP contribution in [0, 0.1) is 5.92 Å². The van der Waals surface area contributed by atoms with Crippen molar-refractivity contribution in [1.82, 2.24) is 15.1 Å². The van der Waals surface area contributed by atoms with Crippen LogP contribution in [0.2, 0.25) is 0 Å². The van der Waals surface area contributed by atoms with Crippen LogP contribution in [0.25, 0.3) is 0 Å². The number of amides is 2. The molecular formula is C23H33N3O3. The average molecular weight is 400 g/mol. The molecule has 2 heterocycles. The molecule has 2 aliphatic heterocycles. The van der Waals surface area contributed by atoms with E-state index in [1.807, 2.05) is 18.2 Å². The smallest absolute Gasteiger partial charge is 0.248 e. The van der Waals surface area contributed by atoms with Crippen molar-refractivity contribution < 1.29 is 14.7 Å². The number of piperidine rings is 1. The van der Waals surface area contributed by atoms with Crippen LogP contribution >= 0.6 is 0 Å². The van der Waals surface area contributed by atoms with Gasteiger partial charge in [-0.3, -0.25) is 14.5 Å². The molecule has 4 rings (SSSR count). The molecule has 2 atom stereocenters. The molecule has 158 valence electrons. The third-order valence-electron chi connectivity index (χ3n) is 7.35. The number of likely N-dealkylation sites (N-methyl/N-ethyl adjacent to an activating group) is 1. The maximum absolute atomic E-state index is 13.2. The summed E-state index contributed by atoms with van der Waals surface area (Å²) in [4.78, 5) is 30.3. The van der Waals surface area contributed by atoms with Gasteiger partial charge in [-0.15, -0.1) is 0 Å². The highest BCUT2D eigenvalue weighted by Gasteiger charge is 2.54. The number of nitrogens with one attached hydrogen (secondary N) is 1. The van der Waals surface area contributed by atoms with Crippen molar-refractivity contribution in [3.8, 4) is 0 Å². The van der Waals surface area contributed by atoms with Crippen LogP contribution in [0.1, 0.15) is 50.5 Å². The van der Waals surface area contributed by atoms with E-state index in [9.17, 15) is 14.7 Å². The summed E-state index contributed by atoms with van der Waals surface area (Å²) in [7, 11) is 1.74. The minimum atomic E-state index is -0.802. The largest absolute Gasteiger partial charge is 0.390 e. The Morgan fingerprint density at radius 3 is 2.41 bits per heavy atom. The van der Waals surface area contributed by atoms with Crippen molar-refractivity contribution in [2.45, 2.75) is 69.2 Å². The lowest BCUT2D eigenvalue weighted by molar-refractivity contribution is -0.163. The Labute approximate surface area is 173 Å². The number of rotatable bonds is 4. The van der Waals surface area contributed by atoms with Gasteiger partial charge in [0.1, 0.15) is 11.6 Å². The number of benzene rings is 1. The molecule has 1 aromatic rings. The molecule has 2 amide bonds. The monoisotopic (exact) mass is 399 g/mol. The lowest BCUT2D eigenvalue weighted by atomic mass is 9.78. The van der Waals surface area contributed by atoms with E-state index >= 15 is 0 Å². The van der Waals surface area contributed by atoms with Gasteiger partial charge in [0.05, 0.1) is 6.10 Å². The lowest BCUT2D eigenvalue weighted by Gasteiger charge is -2.51. The number of aliphatic hydroxyl groups excluding tert-OH is 1. The van der Waals surface area contributed by atoms with Crippen LogP contribution in [0.4, 0.5) is 0 Å². The van der Waals surface area contributed by atoms with E-state index in [2.05, 4.69) is 22.3 Å². The molecule has 1 saturated carbocycles. The van der Waals surface area contributed by atoms with E-state index in [0.29, 0.717) is 12.8 Å². The second kappa shape index (κ2) is 8.44. The first-order valence-corrected chi connectivity index (χ1v) is 11.0. The fourth-order valence-corrected chi connectivity index (χ4v) is 5.37. The molecule has 1 aromatic carbocycles. The second-order valence-electron chi connectivity index (χ2n) is 9.03. The molecule has 6 nitrogen and oxygen atoms in total. The molecule has 0 bridgehead atoms. The number of aliphatic hydroxyl groups is 1. The summed E-state index contributed by atoms with van der Waals surface area (Å²) >= 11 is 0. The number of carbonyl (C=O) groups excluding carboxylic acids is 2. The van der Waals surface area contributed by atoms with Crippen LogP contribution in [0.15, 0.2) is 30.3 Å². The number of nitrogens with zero attached hydrogens (tertiary/aromatic N) is 2. The first kappa shape index (κ1) is 20.4. The third-order valence-corrected chi connectivity index (χ3v) is 7.35. The predicted molar refractivity (Wildman–Crippen MR) is 111 cm³/mol. The molecule has 0 unspecified atom stereocenters. The Bertz CT molecular complexity index is 724. The second-order valence-corrected chi connectivity index (χ2v) is 9.03. The van der Waals surface area contributed by atoms with Gasteiger partial charge >= 0.3 is 0 Å². The Hall–Kier alpha value is -1.92. The van der Waals surface area contributed by atoms with Gasteiger partial charge in [-0.25, -0.2) is 0 Å². The van der Waals surface area contributed by atoms with Crippen LogP contribution < -0.4 is 5.32 Å². The molecule has 2 saturated heterocycles. The SMILES string of the molecule is CN1C(=O)[C@@H]([C@H](O)C2CCCCC2)NC(=O)C12CCN(Cc1ccccc1)CC2. The predicted octanol–water partition coefficient (Wildman–Crippen LogP) is 1.92. The van der Waals surface area contributed by atoms with Crippen molar-refractivity contribution in [3.05, 3.63) is 35.9 Å². The minimum Gasteiger partial charge on any atom is -0.390 e. The summed E-state index contributed by atoms with van der Waals surface area (Å²) in [5, 5.41) is 13.7. The number of piperazine rings is 1. The van der Waals surface area contributed by atoms with Gasteiger partial charge in [-0.2, -0.15) is 0 Å². The molecule has 1 aliphatic carbocycles. The molecule has 1 spiro atoms. The quantitative estimate of drug-likeness (QED) is 0.811. The Kier molecular flexibility index (Phi) is 5.93. The average Bonchev–Trinajstić information content (AvgIpc) is 2.77. The van der Waals surface area contributed by atoms with Gasteiger partial charge in [0.2, 0.25) is 11.8 Å². The highest BCUT2D eigenvalue weighted by atomic mass is 16.3. The standard InChI is InChI=1S/C23H33N3O3/c1-25-21(28)19(20(27)18-10-6-3-7-11-18)24-22(29)23(25)12-14-26(15-13-23)16-17-8-4-2-5-9-17/h2,4-5,8-9,18-20,27H,3,6-7,10-16H2,1H3,(H,24,29)/t19-,20-/m1/s1. The van der Waals surface area contributed by atoms with Crippen LogP contribution in [-0.2, 0) is 16.1 Å². The number of carbonyl (C=O) groups is 2. The fraction of sp³-hybridized carbons (Fsp3) is 0.652. The van der Waals surface area contributed by atoms with Crippen molar-refractivity contribution in [1.29, 1.82) is 0 Å².